The highest BCUT2D eigenvalue weighted by Crippen LogP contribution is 2.30. The van der Waals surface area contributed by atoms with Gasteiger partial charge in [-0.25, -0.2) is 4.98 Å². The Morgan fingerprint density at radius 2 is 2.05 bits per heavy atom. The molecule has 0 aromatic carbocycles. The number of H-pyrrole nitrogens is 1. The second-order valence-electron chi connectivity index (χ2n) is 5.95. The SMILES string of the molecule is Cc1cc(NC(=O)c2ccnc(SC(C)(C)C)c2)c[nH]c1=O. The Labute approximate surface area is 133 Å². The third kappa shape index (κ3) is 4.46. The summed E-state index contributed by atoms with van der Waals surface area (Å²) in [6.45, 7) is 7.97. The summed E-state index contributed by atoms with van der Waals surface area (Å²) in [7, 11) is 0. The minimum atomic E-state index is -0.232. The fourth-order valence-corrected chi connectivity index (χ4v) is 2.72. The molecule has 22 heavy (non-hydrogen) atoms. The van der Waals surface area contributed by atoms with Gasteiger partial charge in [-0.3, -0.25) is 9.59 Å². The Balaban J connectivity index is 2.17. The Kier molecular flexibility index (Phi) is 4.71. The van der Waals surface area contributed by atoms with Gasteiger partial charge in [0, 0.05) is 28.3 Å². The zero-order chi connectivity index (χ0) is 16.3. The third-order valence-electron chi connectivity index (χ3n) is 2.75. The van der Waals surface area contributed by atoms with E-state index in [1.54, 1.807) is 43.1 Å². The Morgan fingerprint density at radius 1 is 1.32 bits per heavy atom. The van der Waals surface area contributed by atoms with Crippen molar-refractivity contribution in [3.8, 4) is 0 Å². The van der Waals surface area contributed by atoms with Crippen LogP contribution < -0.4 is 10.9 Å². The number of nitrogens with one attached hydrogen (secondary N) is 2. The predicted octanol–water partition coefficient (Wildman–Crippen LogP) is 3.22. The fraction of sp³-hybridized carbons (Fsp3) is 0.312. The lowest BCUT2D eigenvalue weighted by atomic mass is 10.2. The lowest BCUT2D eigenvalue weighted by molar-refractivity contribution is 0.102. The number of rotatable bonds is 3. The number of carbonyl (C=O) groups is 1. The highest BCUT2D eigenvalue weighted by atomic mass is 32.2. The summed E-state index contributed by atoms with van der Waals surface area (Å²) in [5.74, 6) is -0.232. The molecule has 0 saturated carbocycles. The maximum absolute atomic E-state index is 12.3. The molecule has 116 valence electrons. The number of thioether (sulfide) groups is 1. The van der Waals surface area contributed by atoms with Crippen molar-refractivity contribution in [1.82, 2.24) is 9.97 Å². The number of hydrogen-bond donors (Lipinski definition) is 2. The standard InChI is InChI=1S/C16H19N3O2S/c1-10-7-12(9-18-14(10)20)19-15(21)11-5-6-17-13(8-11)22-16(2,3)4/h5-9H,1-4H3,(H,18,20)(H,19,21). The molecule has 1 amide bonds. The van der Waals surface area contributed by atoms with Crippen LogP contribution >= 0.6 is 11.8 Å². The number of nitrogens with zero attached hydrogens (tertiary/aromatic N) is 1. The van der Waals surface area contributed by atoms with Gasteiger partial charge in [-0.05, 0) is 25.1 Å². The summed E-state index contributed by atoms with van der Waals surface area (Å²) in [4.78, 5) is 30.5. The number of aromatic amines is 1. The van der Waals surface area contributed by atoms with Crippen LogP contribution in [0.3, 0.4) is 0 Å². The lowest BCUT2D eigenvalue weighted by Gasteiger charge is -2.16. The van der Waals surface area contributed by atoms with Crippen molar-refractivity contribution in [3.63, 3.8) is 0 Å². The first-order chi connectivity index (χ1) is 10.2. The van der Waals surface area contributed by atoms with Gasteiger partial charge < -0.3 is 10.3 Å². The van der Waals surface area contributed by atoms with E-state index in [0.717, 1.165) is 5.03 Å². The normalized spacial score (nSPS) is 11.3. The van der Waals surface area contributed by atoms with E-state index in [9.17, 15) is 9.59 Å². The second kappa shape index (κ2) is 6.36. The van der Waals surface area contributed by atoms with E-state index in [-0.39, 0.29) is 16.2 Å². The molecule has 2 N–H and O–H groups in total. The van der Waals surface area contributed by atoms with Crippen molar-refractivity contribution in [2.45, 2.75) is 37.5 Å². The Hall–Kier alpha value is -2.08. The average Bonchev–Trinajstić information content (AvgIpc) is 2.41. The molecule has 2 rings (SSSR count). The smallest absolute Gasteiger partial charge is 0.255 e. The predicted molar refractivity (Wildman–Crippen MR) is 89.6 cm³/mol. The number of anilines is 1. The van der Waals surface area contributed by atoms with E-state index in [0.29, 0.717) is 16.8 Å². The molecule has 2 aromatic rings. The molecule has 0 aliphatic rings. The van der Waals surface area contributed by atoms with E-state index < -0.39 is 0 Å². The van der Waals surface area contributed by atoms with Crippen molar-refractivity contribution in [3.05, 3.63) is 52.1 Å². The molecule has 5 nitrogen and oxygen atoms in total. The van der Waals surface area contributed by atoms with Crippen LogP contribution in [0.25, 0.3) is 0 Å². The number of aryl methyl sites for hydroxylation is 1. The van der Waals surface area contributed by atoms with Crippen LogP contribution in [0.5, 0.6) is 0 Å². The highest BCUT2D eigenvalue weighted by Gasteiger charge is 2.15. The first-order valence-electron chi connectivity index (χ1n) is 6.90. The molecule has 2 aromatic heterocycles. The summed E-state index contributed by atoms with van der Waals surface area (Å²) in [5.41, 5.74) is 1.48. The minimum Gasteiger partial charge on any atom is -0.327 e. The van der Waals surface area contributed by atoms with Crippen molar-refractivity contribution in [2.75, 3.05) is 5.32 Å². The monoisotopic (exact) mass is 317 g/mol. The van der Waals surface area contributed by atoms with E-state index in [1.807, 2.05) is 0 Å². The average molecular weight is 317 g/mol. The van der Waals surface area contributed by atoms with Gasteiger partial charge in [-0.15, -0.1) is 11.8 Å². The van der Waals surface area contributed by atoms with Crippen molar-refractivity contribution in [1.29, 1.82) is 0 Å². The van der Waals surface area contributed by atoms with Gasteiger partial charge in [0.2, 0.25) is 0 Å². The van der Waals surface area contributed by atoms with Crippen LogP contribution in [-0.4, -0.2) is 20.6 Å². The lowest BCUT2D eigenvalue weighted by Crippen LogP contribution is -2.15. The number of hydrogen-bond acceptors (Lipinski definition) is 4. The van der Waals surface area contributed by atoms with Crippen molar-refractivity contribution < 1.29 is 4.79 Å². The first-order valence-corrected chi connectivity index (χ1v) is 7.72. The van der Waals surface area contributed by atoms with Crippen LogP contribution in [0.4, 0.5) is 5.69 Å². The number of pyridine rings is 2. The minimum absolute atomic E-state index is 0.0259. The van der Waals surface area contributed by atoms with Gasteiger partial charge in [-0.1, -0.05) is 20.8 Å². The summed E-state index contributed by atoms with van der Waals surface area (Å²) >= 11 is 1.60. The number of carbonyl (C=O) groups excluding carboxylic acids is 1. The molecule has 0 aliphatic carbocycles. The zero-order valence-corrected chi connectivity index (χ0v) is 13.9. The van der Waals surface area contributed by atoms with Gasteiger partial charge >= 0.3 is 0 Å². The summed E-state index contributed by atoms with van der Waals surface area (Å²) in [6.07, 6.45) is 3.11. The quantitative estimate of drug-likeness (QED) is 0.852. The summed E-state index contributed by atoms with van der Waals surface area (Å²) in [6, 6.07) is 5.08. The maximum Gasteiger partial charge on any atom is 0.255 e. The molecule has 6 heteroatoms. The molecular formula is C16H19N3O2S. The number of aromatic nitrogens is 2. The molecule has 0 saturated heterocycles. The van der Waals surface area contributed by atoms with Crippen LogP contribution in [0.15, 0.2) is 40.4 Å². The third-order valence-corrected chi connectivity index (χ3v) is 3.80. The summed E-state index contributed by atoms with van der Waals surface area (Å²) in [5, 5.41) is 3.57. The molecule has 0 spiro atoms. The highest BCUT2D eigenvalue weighted by molar-refractivity contribution is 8.00. The van der Waals surface area contributed by atoms with Gasteiger partial charge in [-0.2, -0.15) is 0 Å². The molecule has 0 aliphatic heterocycles. The maximum atomic E-state index is 12.3. The molecule has 0 bridgehead atoms. The molecule has 2 heterocycles. The van der Waals surface area contributed by atoms with E-state index in [1.165, 1.54) is 6.20 Å². The molecule has 0 fully saturated rings. The van der Waals surface area contributed by atoms with Crippen LogP contribution in [0, 0.1) is 6.92 Å². The molecular weight excluding hydrogens is 298 g/mol. The molecule has 0 unspecified atom stereocenters. The molecule has 0 atom stereocenters. The van der Waals surface area contributed by atoms with Crippen LogP contribution in [-0.2, 0) is 0 Å². The van der Waals surface area contributed by atoms with Gasteiger partial charge in [0.05, 0.1) is 10.7 Å². The second-order valence-corrected chi connectivity index (χ2v) is 7.80. The van der Waals surface area contributed by atoms with E-state index >= 15 is 0 Å². The van der Waals surface area contributed by atoms with Gasteiger partial charge in [0.25, 0.3) is 11.5 Å². The molecule has 0 radical (unpaired) electrons. The van der Waals surface area contributed by atoms with Gasteiger partial charge in [0.15, 0.2) is 0 Å². The Morgan fingerprint density at radius 3 is 2.68 bits per heavy atom. The van der Waals surface area contributed by atoms with E-state index in [2.05, 4.69) is 36.1 Å². The first kappa shape index (κ1) is 16.3. The van der Waals surface area contributed by atoms with Crippen molar-refractivity contribution in [2.24, 2.45) is 0 Å². The van der Waals surface area contributed by atoms with Gasteiger partial charge in [0.1, 0.15) is 0 Å². The Bertz CT molecular complexity index is 748. The van der Waals surface area contributed by atoms with E-state index in [4.69, 9.17) is 0 Å². The van der Waals surface area contributed by atoms with Crippen molar-refractivity contribution >= 4 is 23.4 Å². The fourth-order valence-electron chi connectivity index (χ4n) is 1.79. The van der Waals surface area contributed by atoms with Crippen LogP contribution in [0.2, 0.25) is 0 Å². The van der Waals surface area contributed by atoms with Crippen LogP contribution in [0.1, 0.15) is 36.7 Å². The summed E-state index contributed by atoms with van der Waals surface area (Å²) < 4.78 is 0.0259. The number of amides is 1. The largest absolute Gasteiger partial charge is 0.327 e. The topological polar surface area (TPSA) is 74.8 Å². The zero-order valence-electron chi connectivity index (χ0n) is 13.1.